The Balaban J connectivity index is 0.00000111. The largest absolute Gasteiger partial charge is 0.481 e. The molecule has 0 aliphatic rings. The van der Waals surface area contributed by atoms with Gasteiger partial charge < -0.3 is 24.8 Å². The summed E-state index contributed by atoms with van der Waals surface area (Å²) in [4.78, 5) is 45.1. The molecule has 0 saturated carbocycles. The minimum Gasteiger partial charge on any atom is -0.481 e. The fraction of sp³-hybridized carbons (Fsp3) is 0.422. The van der Waals surface area contributed by atoms with Crippen molar-refractivity contribution in [3.8, 4) is 24.3 Å². The zero-order chi connectivity index (χ0) is 46.5. The van der Waals surface area contributed by atoms with Crippen LogP contribution in [0.4, 0.5) is 0 Å². The molecule has 0 heterocycles. The van der Waals surface area contributed by atoms with Crippen LogP contribution in [0.3, 0.4) is 0 Å². The lowest BCUT2D eigenvalue weighted by Crippen LogP contribution is -2.25. The van der Waals surface area contributed by atoms with E-state index in [1.807, 2.05) is 115 Å². The predicted octanol–water partition coefficient (Wildman–Crippen LogP) is 8.07. The second-order valence-electron chi connectivity index (χ2n) is 14.7. The molecule has 0 aliphatic carbocycles. The monoisotopic (exact) mass is 882 g/mol. The van der Waals surface area contributed by atoms with Gasteiger partial charge in [-0.3, -0.25) is 19.2 Å². The van der Waals surface area contributed by atoms with E-state index >= 15 is 0 Å². The molecule has 0 aromatic heterocycles. The molecule has 0 aliphatic heterocycles. The van der Waals surface area contributed by atoms with Crippen LogP contribution in [0, 0.1) is 45.3 Å². The Morgan fingerprint density at radius 2 is 0.746 bits per heavy atom. The number of aliphatic carboxylic acids is 2. The van der Waals surface area contributed by atoms with E-state index in [0.29, 0.717) is 0 Å². The summed E-state index contributed by atoms with van der Waals surface area (Å²) in [7, 11) is 0. The lowest BCUT2D eigenvalue weighted by Gasteiger charge is -2.19. The number of aliphatic hydroxyl groups is 1. The average molecular weight is 883 g/mol. The first-order valence-corrected chi connectivity index (χ1v) is 19.4. The highest BCUT2D eigenvalue weighted by atomic mass is 32.1. The quantitative estimate of drug-likeness (QED) is 0.0674. The Morgan fingerprint density at radius 3 is 0.968 bits per heavy atom. The van der Waals surface area contributed by atoms with Crippen LogP contribution >= 0.6 is 13.5 Å². The Kier molecular flexibility index (Phi) is 26.0. The number of azo groups is 2. The maximum Gasteiger partial charge on any atom is 0.306 e. The van der Waals surface area contributed by atoms with Crippen LogP contribution in [0.1, 0.15) is 95.8 Å². The fourth-order valence-electron chi connectivity index (χ4n) is 4.55. The molecule has 334 valence electrons. The molecule has 0 fully saturated rings. The van der Waals surface area contributed by atoms with Gasteiger partial charge in [-0.15, -0.1) is 0 Å². The van der Waals surface area contributed by atoms with Crippen molar-refractivity contribution >= 4 is 37.4 Å². The number of hydrogen-bond acceptors (Lipinski definition) is 15. The highest BCUT2D eigenvalue weighted by Crippen LogP contribution is 2.25. The lowest BCUT2D eigenvalue weighted by molar-refractivity contribution is -0.146. The summed E-state index contributed by atoms with van der Waals surface area (Å²) in [6, 6.07) is 35.8. The number of carbonyl (C=O) groups excluding carboxylic acids is 2. The molecule has 0 saturated heterocycles. The Morgan fingerprint density at radius 1 is 0.492 bits per heavy atom. The minimum absolute atomic E-state index is 0. The first-order chi connectivity index (χ1) is 29.4. The van der Waals surface area contributed by atoms with Crippen molar-refractivity contribution in [3.63, 3.8) is 0 Å². The molecule has 0 amide bonds. The molecule has 0 spiro atoms. The van der Waals surface area contributed by atoms with Crippen LogP contribution in [0.25, 0.3) is 0 Å². The van der Waals surface area contributed by atoms with E-state index in [1.54, 1.807) is 0 Å². The molecule has 4 atom stereocenters. The second-order valence-corrected chi connectivity index (χ2v) is 14.7. The Hall–Kier alpha value is -6.99. The van der Waals surface area contributed by atoms with Gasteiger partial charge in [0.15, 0.2) is 22.2 Å². The van der Waals surface area contributed by atoms with E-state index in [4.69, 9.17) is 35.3 Å². The van der Waals surface area contributed by atoms with Gasteiger partial charge >= 0.3 is 23.9 Å². The van der Waals surface area contributed by atoms with Gasteiger partial charge in [0.1, 0.15) is 13.2 Å². The Bertz CT molecular complexity index is 1990. The number of carboxylic acids is 2. The van der Waals surface area contributed by atoms with E-state index in [9.17, 15) is 29.7 Å². The number of ether oxygens (including phenoxy) is 2. The molecule has 3 aromatic carbocycles. The molecule has 63 heavy (non-hydrogen) atoms. The topological polar surface area (TPSA) is 292 Å². The van der Waals surface area contributed by atoms with Crippen LogP contribution in [-0.2, 0) is 48.5 Å². The first-order valence-electron chi connectivity index (χ1n) is 19.4. The normalized spacial score (nSPS) is 14.1. The highest BCUT2D eigenvalue weighted by molar-refractivity contribution is 7.59. The number of aliphatic hydroxyl groups excluding tert-OH is 1. The van der Waals surface area contributed by atoms with Crippen molar-refractivity contribution in [2.75, 3.05) is 0 Å². The highest BCUT2D eigenvalue weighted by Gasteiger charge is 2.31. The van der Waals surface area contributed by atoms with E-state index in [-0.39, 0.29) is 84.7 Å². The van der Waals surface area contributed by atoms with Gasteiger partial charge in [0.2, 0.25) is 0 Å². The summed E-state index contributed by atoms with van der Waals surface area (Å²) in [6.07, 6.45) is -0.451. The molecular weight excluding hydrogens is 829 g/mol. The predicted molar refractivity (Wildman–Crippen MR) is 233 cm³/mol. The van der Waals surface area contributed by atoms with E-state index in [2.05, 4.69) is 20.5 Å². The van der Waals surface area contributed by atoms with Crippen LogP contribution < -0.4 is 0 Å². The number of carboxylic acid groups (broad SMARTS) is 2. The molecule has 0 radical (unpaired) electrons. The van der Waals surface area contributed by atoms with Crippen LogP contribution in [0.5, 0.6) is 0 Å². The summed E-state index contributed by atoms with van der Waals surface area (Å²) < 4.78 is 10.5. The third-order valence-electron chi connectivity index (χ3n) is 8.74. The smallest absolute Gasteiger partial charge is 0.306 e. The van der Waals surface area contributed by atoms with Crippen molar-refractivity contribution in [2.24, 2.45) is 20.5 Å². The van der Waals surface area contributed by atoms with Crippen molar-refractivity contribution in [3.05, 3.63) is 108 Å². The number of hydrogen-bond donors (Lipinski definition) is 3. The fourth-order valence-corrected chi connectivity index (χ4v) is 4.55. The van der Waals surface area contributed by atoms with Gasteiger partial charge in [-0.25, -0.2) is 0 Å². The molecule has 3 rings (SSSR count). The maximum absolute atomic E-state index is 12.1. The molecule has 18 heteroatoms. The molecule has 3 N–H and O–H groups in total. The third kappa shape index (κ3) is 24.8. The summed E-state index contributed by atoms with van der Waals surface area (Å²) >= 11 is 0. The number of esters is 2. The molecule has 3 aromatic rings. The van der Waals surface area contributed by atoms with Gasteiger partial charge in [0.25, 0.3) is 0 Å². The standard InChI is InChI=1S/C26H28N4O4.C12H16N4O4.C7H8O.H2S/c1-25(19-27,15-13-23(31)33-17-21-9-5-3-6-10-21)29-30-26(2,20-28)16-14-24(32)34-18-22-11-7-4-8-12-22;1-11(7-13,5-3-9(17)18)15-16-12(2,8-14)6-4-10(19)20;8-6-7-4-2-1-3-5-7;/h3-12H,13-18H2,1-2H3;3-6H2,1-2H3,(H,17,18)(H,19,20);1-5,8H,6H2;1H2. The van der Waals surface area contributed by atoms with Crippen LogP contribution in [0.15, 0.2) is 111 Å². The van der Waals surface area contributed by atoms with E-state index in [1.165, 1.54) is 27.7 Å². The van der Waals surface area contributed by atoms with Crippen LogP contribution in [0.2, 0.25) is 0 Å². The minimum atomic E-state index is -1.35. The number of benzene rings is 3. The van der Waals surface area contributed by atoms with Gasteiger partial charge in [0.05, 0.1) is 30.9 Å². The summed E-state index contributed by atoms with van der Waals surface area (Å²) in [6.45, 7) is 6.33. The average Bonchev–Trinajstić information content (AvgIpc) is 3.30. The van der Waals surface area contributed by atoms with Gasteiger partial charge in [-0.1, -0.05) is 91.0 Å². The molecular formula is C45H54N8O9S. The zero-order valence-electron chi connectivity index (χ0n) is 35.8. The number of carbonyl (C=O) groups is 4. The number of nitriles is 4. The van der Waals surface area contributed by atoms with Gasteiger partial charge in [-0.2, -0.15) is 55.0 Å². The maximum atomic E-state index is 12.1. The molecule has 4 unspecified atom stereocenters. The van der Waals surface area contributed by atoms with E-state index in [0.717, 1.165) is 16.7 Å². The summed E-state index contributed by atoms with van der Waals surface area (Å²) in [5.74, 6) is -3.03. The molecule has 0 bridgehead atoms. The van der Waals surface area contributed by atoms with Gasteiger partial charge in [-0.05, 0) is 70.1 Å². The van der Waals surface area contributed by atoms with Crippen molar-refractivity contribution < 1.29 is 44.0 Å². The van der Waals surface area contributed by atoms with Crippen molar-refractivity contribution in [1.29, 1.82) is 21.0 Å². The van der Waals surface area contributed by atoms with E-state index < -0.39 is 46.0 Å². The second kappa shape index (κ2) is 29.3. The summed E-state index contributed by atoms with van der Waals surface area (Å²) in [5.41, 5.74) is -2.61. The SMILES string of the molecule is CC(C#N)(CCC(=O)O)N=NC(C)(C#N)CCC(=O)O.CC(C#N)(CCC(=O)OCc1ccccc1)N=NC(C)(C#N)CCC(=O)OCc1ccccc1.OCc1ccccc1.S. The summed E-state index contributed by atoms with van der Waals surface area (Å²) in [5, 5.41) is 78.5. The van der Waals surface area contributed by atoms with Crippen molar-refractivity contribution in [2.45, 2.75) is 121 Å². The number of nitrogens with zero attached hydrogens (tertiary/aromatic N) is 8. The lowest BCUT2D eigenvalue weighted by atomic mass is 9.97. The number of rotatable bonds is 21. The van der Waals surface area contributed by atoms with Crippen LogP contribution in [-0.4, -0.2) is 61.4 Å². The zero-order valence-corrected chi connectivity index (χ0v) is 36.8. The Labute approximate surface area is 374 Å². The van der Waals surface area contributed by atoms with Crippen molar-refractivity contribution in [1.82, 2.24) is 0 Å². The molecule has 17 nitrogen and oxygen atoms in total. The van der Waals surface area contributed by atoms with Gasteiger partial charge in [0, 0.05) is 25.7 Å². The third-order valence-corrected chi connectivity index (χ3v) is 8.74. The first kappa shape index (κ1) is 56.0.